The van der Waals surface area contributed by atoms with Crippen molar-refractivity contribution in [3.8, 4) is 0 Å². The van der Waals surface area contributed by atoms with Gasteiger partial charge in [0.15, 0.2) is 5.84 Å². The number of hydrazone groups is 1. The summed E-state index contributed by atoms with van der Waals surface area (Å²) in [6, 6.07) is 15.6. The number of hydrogen-bond acceptors (Lipinski definition) is 3. The van der Waals surface area contributed by atoms with Crippen molar-refractivity contribution in [1.82, 2.24) is 4.57 Å². The summed E-state index contributed by atoms with van der Waals surface area (Å²) in [4.78, 5) is 0. The highest BCUT2D eigenvalue weighted by Crippen LogP contribution is 2.20. The summed E-state index contributed by atoms with van der Waals surface area (Å²) in [6.07, 6.45) is 2.02. The monoisotopic (exact) mass is 311 g/mol. The molecular weight excluding hydrogens is 298 g/mol. The minimum absolute atomic E-state index is 0.212. The smallest absolute Gasteiger partial charge is 0.199 e. The van der Waals surface area contributed by atoms with E-state index >= 15 is 0 Å². The van der Waals surface area contributed by atoms with Crippen LogP contribution in [0.25, 0.3) is 10.9 Å². The molecule has 0 saturated heterocycles. The quantitative estimate of drug-likeness (QED) is 0.248. The van der Waals surface area contributed by atoms with Crippen molar-refractivity contribution in [2.45, 2.75) is 6.54 Å². The molecule has 2 aromatic carbocycles. The van der Waals surface area contributed by atoms with Gasteiger partial charge in [0, 0.05) is 34.2 Å². The highest BCUT2D eigenvalue weighted by molar-refractivity contribution is 6.30. The van der Waals surface area contributed by atoms with Gasteiger partial charge in [-0.05, 0) is 42.0 Å². The van der Waals surface area contributed by atoms with Gasteiger partial charge in [0.05, 0.1) is 0 Å². The van der Waals surface area contributed by atoms with E-state index in [4.69, 9.17) is 23.0 Å². The Morgan fingerprint density at radius 2 is 2.05 bits per heavy atom. The van der Waals surface area contributed by atoms with E-state index in [-0.39, 0.29) is 5.84 Å². The maximum atomic E-state index is 7.08. The van der Waals surface area contributed by atoms with E-state index in [0.29, 0.717) is 0 Å². The first-order valence-corrected chi connectivity index (χ1v) is 7.08. The van der Waals surface area contributed by atoms with Gasteiger partial charge in [0.2, 0.25) is 0 Å². The van der Waals surface area contributed by atoms with E-state index in [1.165, 1.54) is 0 Å². The lowest BCUT2D eigenvalue weighted by atomic mass is 10.1. The standard InChI is InChI=1S/C16H14ClN5/c17-14-3-1-2-11(8-14)10-22-7-6-12-9-13(4-5-15(12)22)16(20-18)21-19/h1-9,18H,10,19H2/b20-18?,21-16-. The number of fused-ring (bicyclic) bond motifs is 1. The Kier molecular flexibility index (Phi) is 3.89. The second-order valence-electron chi connectivity index (χ2n) is 4.91. The highest BCUT2D eigenvalue weighted by atomic mass is 35.5. The van der Waals surface area contributed by atoms with Crippen LogP contribution in [0, 0.1) is 5.53 Å². The number of aromatic nitrogens is 1. The third-order valence-corrected chi connectivity index (χ3v) is 3.73. The van der Waals surface area contributed by atoms with Gasteiger partial charge in [-0.15, -0.1) is 5.11 Å². The van der Waals surface area contributed by atoms with Crippen LogP contribution in [0.1, 0.15) is 11.1 Å². The first-order valence-electron chi connectivity index (χ1n) is 6.70. The van der Waals surface area contributed by atoms with Crippen molar-refractivity contribution < 1.29 is 0 Å². The Morgan fingerprint density at radius 3 is 2.77 bits per heavy atom. The molecule has 3 aromatic rings. The number of rotatable bonds is 3. The van der Waals surface area contributed by atoms with Crippen molar-refractivity contribution in [3.63, 3.8) is 0 Å². The van der Waals surface area contributed by atoms with Crippen molar-refractivity contribution in [2.24, 2.45) is 16.1 Å². The predicted octanol–water partition coefficient (Wildman–Crippen LogP) is 3.99. The van der Waals surface area contributed by atoms with E-state index in [9.17, 15) is 0 Å². The summed E-state index contributed by atoms with van der Waals surface area (Å²) >= 11 is 6.03. The molecule has 0 aliphatic heterocycles. The van der Waals surface area contributed by atoms with Crippen LogP contribution in [0.4, 0.5) is 0 Å². The van der Waals surface area contributed by atoms with Gasteiger partial charge in [0.25, 0.3) is 0 Å². The third kappa shape index (κ3) is 2.71. The Morgan fingerprint density at radius 1 is 1.18 bits per heavy atom. The van der Waals surface area contributed by atoms with E-state index in [2.05, 4.69) is 14.8 Å². The number of halogens is 1. The Hall–Kier alpha value is -2.66. The Bertz CT molecular complexity index is 866. The fraction of sp³-hybridized carbons (Fsp3) is 0.0625. The largest absolute Gasteiger partial charge is 0.343 e. The SMILES string of the molecule is N=N/C(=N\N)c1ccc2c(ccn2Cc2cccc(Cl)c2)c1. The molecule has 1 aromatic heterocycles. The van der Waals surface area contributed by atoms with Gasteiger partial charge in [-0.25, -0.2) is 5.53 Å². The Labute approximate surface area is 132 Å². The minimum atomic E-state index is 0.212. The first kappa shape index (κ1) is 14.3. The predicted molar refractivity (Wildman–Crippen MR) is 88.4 cm³/mol. The zero-order valence-corrected chi connectivity index (χ0v) is 12.5. The average molecular weight is 312 g/mol. The molecule has 3 rings (SSSR count). The molecular formula is C16H14ClN5. The molecule has 1 heterocycles. The molecule has 0 fully saturated rings. The molecule has 0 aliphatic carbocycles. The summed E-state index contributed by atoms with van der Waals surface area (Å²) < 4.78 is 2.14. The third-order valence-electron chi connectivity index (χ3n) is 3.50. The number of nitrogens with zero attached hydrogens (tertiary/aromatic N) is 3. The lowest BCUT2D eigenvalue weighted by molar-refractivity contribution is 0.837. The van der Waals surface area contributed by atoms with Gasteiger partial charge >= 0.3 is 0 Å². The number of benzene rings is 2. The van der Waals surface area contributed by atoms with Gasteiger partial charge in [0.1, 0.15) is 0 Å². The van der Waals surface area contributed by atoms with Crippen molar-refractivity contribution in [2.75, 3.05) is 0 Å². The molecule has 0 aliphatic rings. The highest BCUT2D eigenvalue weighted by Gasteiger charge is 2.07. The molecule has 0 spiro atoms. The first-order chi connectivity index (χ1) is 10.7. The van der Waals surface area contributed by atoms with Crippen LogP contribution in [0.3, 0.4) is 0 Å². The summed E-state index contributed by atoms with van der Waals surface area (Å²) in [5.41, 5.74) is 10.0. The summed E-state index contributed by atoms with van der Waals surface area (Å²) in [5.74, 6) is 5.45. The second-order valence-corrected chi connectivity index (χ2v) is 5.35. The van der Waals surface area contributed by atoms with E-state index < -0.39 is 0 Å². The molecule has 0 saturated carbocycles. The second kappa shape index (κ2) is 5.99. The molecule has 3 N–H and O–H groups in total. The van der Waals surface area contributed by atoms with E-state index in [1.807, 2.05) is 54.7 Å². The van der Waals surface area contributed by atoms with Crippen LogP contribution < -0.4 is 5.84 Å². The van der Waals surface area contributed by atoms with Crippen molar-refractivity contribution in [3.05, 3.63) is 70.9 Å². The average Bonchev–Trinajstić information content (AvgIpc) is 2.91. The van der Waals surface area contributed by atoms with Crippen LogP contribution in [0.15, 0.2) is 64.9 Å². The molecule has 110 valence electrons. The fourth-order valence-electron chi connectivity index (χ4n) is 2.48. The Balaban J connectivity index is 1.97. The van der Waals surface area contributed by atoms with E-state index in [1.54, 1.807) is 0 Å². The van der Waals surface area contributed by atoms with E-state index in [0.717, 1.165) is 33.6 Å². The molecule has 0 bridgehead atoms. The minimum Gasteiger partial charge on any atom is -0.343 e. The maximum absolute atomic E-state index is 7.08. The van der Waals surface area contributed by atoms with Crippen LogP contribution >= 0.6 is 11.6 Å². The summed E-state index contributed by atoms with van der Waals surface area (Å²) in [5, 5.41) is 8.61. The molecule has 0 radical (unpaired) electrons. The topological polar surface area (TPSA) is 79.5 Å². The van der Waals surface area contributed by atoms with Crippen molar-refractivity contribution >= 4 is 28.3 Å². The van der Waals surface area contributed by atoms with Gasteiger partial charge < -0.3 is 10.4 Å². The molecule has 5 nitrogen and oxygen atoms in total. The van der Waals surface area contributed by atoms with Crippen LogP contribution in [-0.4, -0.2) is 10.4 Å². The van der Waals surface area contributed by atoms with Crippen molar-refractivity contribution in [1.29, 1.82) is 5.53 Å². The number of amidine groups is 1. The zero-order chi connectivity index (χ0) is 15.5. The molecule has 6 heteroatoms. The number of nitrogens with two attached hydrogens (primary N) is 1. The molecule has 0 amide bonds. The van der Waals surface area contributed by atoms with Crippen LogP contribution in [-0.2, 0) is 6.54 Å². The lowest BCUT2D eigenvalue weighted by Gasteiger charge is -2.07. The fourth-order valence-corrected chi connectivity index (χ4v) is 2.69. The summed E-state index contributed by atoms with van der Waals surface area (Å²) in [6.45, 7) is 0.740. The number of hydrogen-bond donors (Lipinski definition) is 2. The normalized spacial score (nSPS) is 11.8. The van der Waals surface area contributed by atoms with Crippen LogP contribution in [0.5, 0.6) is 0 Å². The maximum Gasteiger partial charge on any atom is 0.199 e. The molecule has 0 atom stereocenters. The summed E-state index contributed by atoms with van der Waals surface area (Å²) in [7, 11) is 0. The van der Waals surface area contributed by atoms with Gasteiger partial charge in [-0.2, -0.15) is 5.10 Å². The molecule has 22 heavy (non-hydrogen) atoms. The van der Waals surface area contributed by atoms with Gasteiger partial charge in [-0.3, -0.25) is 0 Å². The van der Waals surface area contributed by atoms with Gasteiger partial charge in [-0.1, -0.05) is 23.7 Å². The zero-order valence-electron chi connectivity index (χ0n) is 11.7. The number of nitrogens with one attached hydrogen (secondary N) is 1. The lowest BCUT2D eigenvalue weighted by Crippen LogP contribution is -2.01. The van der Waals surface area contributed by atoms with Crippen LogP contribution in [0.2, 0.25) is 5.02 Å². The molecule has 0 unspecified atom stereocenters.